The van der Waals surface area contributed by atoms with Crippen molar-refractivity contribution in [2.75, 3.05) is 26.2 Å². The lowest BCUT2D eigenvalue weighted by Crippen LogP contribution is -2.52. The van der Waals surface area contributed by atoms with Crippen molar-refractivity contribution in [3.8, 4) is 0 Å². The number of aliphatic carboxylic acids is 1. The monoisotopic (exact) mass is 214 g/mol. The molecule has 0 aromatic heterocycles. The van der Waals surface area contributed by atoms with Crippen LogP contribution in [0, 0.1) is 5.92 Å². The molecule has 0 saturated carbocycles. The molecule has 0 spiro atoms. The van der Waals surface area contributed by atoms with Crippen molar-refractivity contribution in [3.05, 3.63) is 0 Å². The van der Waals surface area contributed by atoms with Crippen molar-refractivity contribution >= 4 is 5.97 Å². The maximum atomic E-state index is 10.7. The normalized spacial score (nSPS) is 23.3. The Kier molecular flexibility index (Phi) is 5.05. The van der Waals surface area contributed by atoms with Crippen molar-refractivity contribution in [3.63, 3.8) is 0 Å². The van der Waals surface area contributed by atoms with Gasteiger partial charge in [0.25, 0.3) is 0 Å². The maximum Gasteiger partial charge on any atom is 0.304 e. The smallest absolute Gasteiger partial charge is 0.304 e. The molecule has 1 unspecified atom stereocenters. The Labute approximate surface area is 91.6 Å². The van der Waals surface area contributed by atoms with Crippen LogP contribution >= 0.6 is 0 Å². The van der Waals surface area contributed by atoms with Crippen LogP contribution in [0.25, 0.3) is 0 Å². The van der Waals surface area contributed by atoms with E-state index in [1.807, 2.05) is 0 Å². The van der Waals surface area contributed by atoms with Crippen LogP contribution in [0.1, 0.15) is 26.7 Å². The molecule has 1 atom stereocenters. The highest BCUT2D eigenvalue weighted by Crippen LogP contribution is 2.10. The van der Waals surface area contributed by atoms with Crippen LogP contribution in [0.5, 0.6) is 0 Å². The van der Waals surface area contributed by atoms with Gasteiger partial charge in [0.1, 0.15) is 0 Å². The van der Waals surface area contributed by atoms with E-state index in [0.29, 0.717) is 5.92 Å². The van der Waals surface area contributed by atoms with Crippen molar-refractivity contribution in [2.24, 2.45) is 5.92 Å². The van der Waals surface area contributed by atoms with Crippen LogP contribution in [0.2, 0.25) is 0 Å². The van der Waals surface area contributed by atoms with Gasteiger partial charge in [0.05, 0.1) is 6.42 Å². The fraction of sp³-hybridized carbons (Fsp3) is 0.909. The molecular weight excluding hydrogens is 192 g/mol. The summed E-state index contributed by atoms with van der Waals surface area (Å²) < 4.78 is 0. The summed E-state index contributed by atoms with van der Waals surface area (Å²) >= 11 is 0. The van der Waals surface area contributed by atoms with E-state index in [0.717, 1.165) is 32.6 Å². The maximum absolute atomic E-state index is 10.7. The van der Waals surface area contributed by atoms with Crippen molar-refractivity contribution in [1.82, 2.24) is 10.2 Å². The minimum Gasteiger partial charge on any atom is -0.481 e. The highest BCUT2D eigenvalue weighted by Gasteiger charge is 2.23. The molecule has 1 aliphatic heterocycles. The topological polar surface area (TPSA) is 52.6 Å². The lowest BCUT2D eigenvalue weighted by Gasteiger charge is -2.35. The van der Waals surface area contributed by atoms with Crippen molar-refractivity contribution in [1.29, 1.82) is 0 Å². The fourth-order valence-electron chi connectivity index (χ4n) is 1.92. The minimum atomic E-state index is -0.696. The number of hydrogen-bond donors (Lipinski definition) is 2. The zero-order valence-corrected chi connectivity index (χ0v) is 9.70. The predicted molar refractivity (Wildman–Crippen MR) is 59.9 cm³/mol. The highest BCUT2D eigenvalue weighted by atomic mass is 16.4. The van der Waals surface area contributed by atoms with E-state index in [9.17, 15) is 4.79 Å². The average Bonchev–Trinajstić information content (AvgIpc) is 2.15. The molecule has 0 aromatic carbocycles. The lowest BCUT2D eigenvalue weighted by molar-refractivity contribution is -0.138. The van der Waals surface area contributed by atoms with Gasteiger partial charge in [-0.15, -0.1) is 0 Å². The first kappa shape index (κ1) is 12.5. The molecule has 1 fully saturated rings. The van der Waals surface area contributed by atoms with Crippen LogP contribution in [0.3, 0.4) is 0 Å². The van der Waals surface area contributed by atoms with Gasteiger partial charge in [0.2, 0.25) is 0 Å². The molecule has 4 nitrogen and oxygen atoms in total. The Morgan fingerprint density at radius 2 is 2.33 bits per heavy atom. The van der Waals surface area contributed by atoms with E-state index in [-0.39, 0.29) is 12.5 Å². The van der Waals surface area contributed by atoms with Gasteiger partial charge in [-0.05, 0) is 18.9 Å². The summed E-state index contributed by atoms with van der Waals surface area (Å²) in [6.45, 7) is 8.20. The van der Waals surface area contributed by atoms with Gasteiger partial charge in [-0.1, -0.05) is 13.8 Å². The Morgan fingerprint density at radius 3 is 2.93 bits per heavy atom. The van der Waals surface area contributed by atoms with Gasteiger partial charge in [0, 0.05) is 25.7 Å². The van der Waals surface area contributed by atoms with Crippen LogP contribution in [0.4, 0.5) is 0 Å². The summed E-state index contributed by atoms with van der Waals surface area (Å²) in [7, 11) is 0. The Hall–Kier alpha value is -0.610. The van der Waals surface area contributed by atoms with Gasteiger partial charge < -0.3 is 10.4 Å². The number of piperazine rings is 1. The first-order valence-corrected chi connectivity index (χ1v) is 5.76. The SMILES string of the molecule is CC(C)CCN1CCNCC1CC(=O)O. The first-order valence-electron chi connectivity index (χ1n) is 5.76. The van der Waals surface area contributed by atoms with Crippen LogP contribution in [0.15, 0.2) is 0 Å². The molecule has 0 bridgehead atoms. The third-order valence-corrected chi connectivity index (χ3v) is 2.88. The van der Waals surface area contributed by atoms with E-state index in [1.165, 1.54) is 0 Å². The number of carboxylic acid groups (broad SMARTS) is 1. The summed E-state index contributed by atoms with van der Waals surface area (Å²) in [5.41, 5.74) is 0. The second-order valence-corrected chi connectivity index (χ2v) is 4.67. The van der Waals surface area contributed by atoms with Crippen molar-refractivity contribution in [2.45, 2.75) is 32.7 Å². The number of nitrogens with zero attached hydrogens (tertiary/aromatic N) is 1. The average molecular weight is 214 g/mol. The Bertz CT molecular complexity index is 207. The number of nitrogens with one attached hydrogen (secondary N) is 1. The molecular formula is C11H22N2O2. The minimum absolute atomic E-state index is 0.176. The molecule has 0 aliphatic carbocycles. The van der Waals surface area contributed by atoms with Gasteiger partial charge >= 0.3 is 5.97 Å². The van der Waals surface area contributed by atoms with Crippen molar-refractivity contribution < 1.29 is 9.90 Å². The third kappa shape index (κ3) is 4.62. The quantitative estimate of drug-likeness (QED) is 0.710. The highest BCUT2D eigenvalue weighted by molar-refractivity contribution is 5.67. The summed E-state index contributed by atoms with van der Waals surface area (Å²) in [4.78, 5) is 13.0. The standard InChI is InChI=1S/C11H22N2O2/c1-9(2)3-5-13-6-4-12-8-10(13)7-11(14)15/h9-10,12H,3-8H2,1-2H3,(H,14,15). The zero-order valence-electron chi connectivity index (χ0n) is 9.70. The first-order chi connectivity index (χ1) is 7.09. The molecule has 1 rings (SSSR count). The van der Waals surface area contributed by atoms with E-state index in [4.69, 9.17) is 5.11 Å². The number of carboxylic acids is 1. The summed E-state index contributed by atoms with van der Waals surface area (Å²) in [5, 5.41) is 12.1. The van der Waals surface area contributed by atoms with Gasteiger partial charge in [-0.3, -0.25) is 9.69 Å². The molecule has 1 heterocycles. The van der Waals surface area contributed by atoms with Gasteiger partial charge in [-0.2, -0.15) is 0 Å². The second kappa shape index (κ2) is 6.08. The van der Waals surface area contributed by atoms with Crippen LogP contribution < -0.4 is 5.32 Å². The molecule has 0 radical (unpaired) electrons. The fourth-order valence-corrected chi connectivity index (χ4v) is 1.92. The second-order valence-electron chi connectivity index (χ2n) is 4.67. The summed E-state index contributed by atoms with van der Waals surface area (Å²) in [6.07, 6.45) is 1.40. The largest absolute Gasteiger partial charge is 0.481 e. The zero-order chi connectivity index (χ0) is 11.3. The Balaban J connectivity index is 2.39. The summed E-state index contributed by atoms with van der Waals surface area (Å²) in [6, 6.07) is 0.176. The number of hydrogen-bond acceptors (Lipinski definition) is 3. The van der Waals surface area contributed by atoms with E-state index in [1.54, 1.807) is 0 Å². The van der Waals surface area contributed by atoms with E-state index < -0.39 is 5.97 Å². The molecule has 0 aromatic rings. The molecule has 15 heavy (non-hydrogen) atoms. The lowest BCUT2D eigenvalue weighted by atomic mass is 10.1. The van der Waals surface area contributed by atoms with Crippen LogP contribution in [-0.4, -0.2) is 48.2 Å². The van der Waals surface area contributed by atoms with E-state index >= 15 is 0 Å². The van der Waals surface area contributed by atoms with Gasteiger partial charge in [-0.25, -0.2) is 0 Å². The van der Waals surface area contributed by atoms with Crippen LogP contribution in [-0.2, 0) is 4.79 Å². The molecule has 1 aliphatic rings. The number of rotatable bonds is 5. The van der Waals surface area contributed by atoms with E-state index in [2.05, 4.69) is 24.1 Å². The molecule has 2 N–H and O–H groups in total. The summed E-state index contributed by atoms with van der Waals surface area (Å²) in [5.74, 6) is -0.0105. The molecule has 4 heteroatoms. The number of carbonyl (C=O) groups is 1. The molecule has 0 amide bonds. The Morgan fingerprint density at radius 1 is 1.60 bits per heavy atom. The third-order valence-electron chi connectivity index (χ3n) is 2.88. The molecule has 1 saturated heterocycles. The molecule has 88 valence electrons. The predicted octanol–water partition coefficient (Wildman–Crippen LogP) is 0.781. The van der Waals surface area contributed by atoms with Gasteiger partial charge in [0.15, 0.2) is 0 Å².